The fourth-order valence-electron chi connectivity index (χ4n) is 0.685. The van der Waals surface area contributed by atoms with Gasteiger partial charge in [-0.25, -0.2) is 6.61 Å². The molecule has 1 saturated heterocycles. The van der Waals surface area contributed by atoms with Crippen LogP contribution in [0.3, 0.4) is 0 Å². The van der Waals surface area contributed by atoms with Crippen LogP contribution in [-0.4, -0.2) is 29.0 Å². The van der Waals surface area contributed by atoms with E-state index in [2.05, 4.69) is 0 Å². The van der Waals surface area contributed by atoms with Gasteiger partial charge in [0, 0.05) is 0 Å². The van der Waals surface area contributed by atoms with Crippen LogP contribution in [-0.2, 0) is 4.74 Å². The van der Waals surface area contributed by atoms with Crippen LogP contribution in [0.4, 0.5) is 0 Å². The minimum atomic E-state index is -0.500. The zero-order chi connectivity index (χ0) is 5.98. The van der Waals surface area contributed by atoms with Crippen molar-refractivity contribution in [2.45, 2.75) is 18.6 Å². The predicted molar refractivity (Wildman–Crippen MR) is 26.9 cm³/mol. The molecule has 0 radical (unpaired) electrons. The largest absolute Gasteiger partial charge is 1.00 e. The zero-order valence-corrected chi connectivity index (χ0v) is 8.57. The van der Waals surface area contributed by atoms with Crippen molar-refractivity contribution in [2.24, 2.45) is 0 Å². The summed E-state index contributed by atoms with van der Waals surface area (Å²) in [4.78, 5) is 0. The van der Waals surface area contributed by atoms with Crippen LogP contribution in [0.2, 0.25) is 0 Å². The van der Waals surface area contributed by atoms with Crippen LogP contribution in [0.5, 0.6) is 0 Å². The van der Waals surface area contributed by atoms with Gasteiger partial charge in [-0.05, 0) is 0 Å². The first-order valence-corrected chi connectivity index (χ1v) is 2.60. The Labute approximate surface area is 96.8 Å². The molecular formula is C5H9KO3. The van der Waals surface area contributed by atoms with E-state index in [0.29, 0.717) is 6.42 Å². The van der Waals surface area contributed by atoms with E-state index in [-0.39, 0.29) is 64.1 Å². The first-order chi connectivity index (χ1) is 3.84. The molecule has 1 fully saturated rings. The van der Waals surface area contributed by atoms with Crippen molar-refractivity contribution in [3.8, 4) is 0 Å². The van der Waals surface area contributed by atoms with Gasteiger partial charge in [-0.3, -0.25) is 0 Å². The Morgan fingerprint density at radius 3 is 2.56 bits per heavy atom. The maximum absolute atomic E-state index is 8.87. The Kier molecular flexibility index (Phi) is 6.08. The molecule has 3 nitrogen and oxygen atoms in total. The topological polar surface area (TPSA) is 49.7 Å². The predicted octanol–water partition coefficient (Wildman–Crippen LogP) is -3.71. The van der Waals surface area contributed by atoms with E-state index >= 15 is 0 Å². The monoisotopic (exact) mass is 156 g/mol. The second-order valence-corrected chi connectivity index (χ2v) is 1.83. The summed E-state index contributed by atoms with van der Waals surface area (Å²) in [6.45, 7) is 1.42. The van der Waals surface area contributed by atoms with Gasteiger partial charge in [-0.1, -0.05) is 0 Å². The molecule has 1 aliphatic heterocycles. The summed E-state index contributed by atoms with van der Waals surface area (Å²) >= 11 is 0. The molecule has 0 aromatic carbocycles. The van der Waals surface area contributed by atoms with Crippen molar-refractivity contribution >= 4 is 0 Å². The first kappa shape index (κ1) is 10.5. The SMILES string of the molecule is OCC1O[CH-]CC1O.[K+]. The summed E-state index contributed by atoms with van der Waals surface area (Å²) < 4.78 is 4.79. The molecule has 1 heterocycles. The molecule has 2 unspecified atom stereocenters. The molecule has 1 aliphatic rings. The van der Waals surface area contributed by atoms with Gasteiger partial charge in [0.15, 0.2) is 0 Å². The third-order valence-electron chi connectivity index (χ3n) is 1.22. The standard InChI is InChI=1S/C5H9O3.K/c6-3-5-4(7)1-2-8-5;/h2,4-7H,1,3H2;/q-1;+1. The third kappa shape index (κ3) is 2.94. The molecule has 0 aliphatic carbocycles. The quantitative estimate of drug-likeness (QED) is 0.303. The molecule has 48 valence electrons. The summed E-state index contributed by atoms with van der Waals surface area (Å²) in [5, 5.41) is 17.3. The van der Waals surface area contributed by atoms with E-state index in [1.807, 2.05) is 0 Å². The van der Waals surface area contributed by atoms with Gasteiger partial charge in [-0.15, -0.1) is 6.42 Å². The normalized spacial score (nSPS) is 34.0. The Hall–Kier alpha value is 1.52. The second-order valence-electron chi connectivity index (χ2n) is 1.83. The van der Waals surface area contributed by atoms with Gasteiger partial charge in [0.25, 0.3) is 0 Å². The number of hydrogen-bond acceptors (Lipinski definition) is 3. The summed E-state index contributed by atoms with van der Waals surface area (Å²) in [5.41, 5.74) is 0. The molecule has 0 spiro atoms. The van der Waals surface area contributed by atoms with Crippen molar-refractivity contribution in [1.29, 1.82) is 0 Å². The summed E-state index contributed by atoms with van der Waals surface area (Å²) in [5.74, 6) is 0. The molecular weight excluding hydrogens is 147 g/mol. The minimum Gasteiger partial charge on any atom is -0.546 e. The van der Waals surface area contributed by atoms with Gasteiger partial charge >= 0.3 is 51.4 Å². The maximum Gasteiger partial charge on any atom is 1.00 e. The van der Waals surface area contributed by atoms with E-state index in [0.717, 1.165) is 0 Å². The molecule has 4 heteroatoms. The zero-order valence-electron chi connectivity index (χ0n) is 5.45. The van der Waals surface area contributed by atoms with Crippen molar-refractivity contribution in [1.82, 2.24) is 0 Å². The maximum atomic E-state index is 8.87. The van der Waals surface area contributed by atoms with Crippen LogP contribution in [0.15, 0.2) is 0 Å². The van der Waals surface area contributed by atoms with E-state index in [1.54, 1.807) is 0 Å². The molecule has 0 aromatic heterocycles. The average molecular weight is 156 g/mol. The Bertz CT molecular complexity index is 78.6. The van der Waals surface area contributed by atoms with Crippen molar-refractivity contribution in [2.75, 3.05) is 6.61 Å². The van der Waals surface area contributed by atoms with Crippen LogP contribution >= 0.6 is 0 Å². The fourth-order valence-corrected chi connectivity index (χ4v) is 0.685. The number of aliphatic hydroxyl groups is 2. The average Bonchev–Trinajstić information content (AvgIpc) is 2.14. The van der Waals surface area contributed by atoms with E-state index in [4.69, 9.17) is 14.9 Å². The third-order valence-corrected chi connectivity index (χ3v) is 1.22. The van der Waals surface area contributed by atoms with Crippen molar-refractivity contribution in [3.05, 3.63) is 6.61 Å². The van der Waals surface area contributed by atoms with Gasteiger partial charge in [0.1, 0.15) is 0 Å². The minimum absolute atomic E-state index is 0. The van der Waals surface area contributed by atoms with Crippen LogP contribution in [0.25, 0.3) is 0 Å². The number of ether oxygens (including phenoxy) is 1. The Balaban J connectivity index is 0.000000640. The molecule has 9 heavy (non-hydrogen) atoms. The molecule has 0 amide bonds. The number of aliphatic hydroxyl groups excluding tert-OH is 2. The molecule has 2 N–H and O–H groups in total. The Morgan fingerprint density at radius 2 is 2.33 bits per heavy atom. The molecule has 2 atom stereocenters. The first-order valence-electron chi connectivity index (χ1n) is 2.60. The van der Waals surface area contributed by atoms with Crippen molar-refractivity contribution < 1.29 is 66.3 Å². The van der Waals surface area contributed by atoms with Crippen LogP contribution in [0, 0.1) is 6.61 Å². The number of hydrogen-bond donors (Lipinski definition) is 2. The summed E-state index contributed by atoms with van der Waals surface area (Å²) in [6, 6.07) is 0. The van der Waals surface area contributed by atoms with Gasteiger partial charge in [-0.2, -0.15) is 0 Å². The van der Waals surface area contributed by atoms with Crippen molar-refractivity contribution in [3.63, 3.8) is 0 Å². The van der Waals surface area contributed by atoms with Crippen LogP contribution < -0.4 is 51.4 Å². The molecule has 1 rings (SSSR count). The van der Waals surface area contributed by atoms with Gasteiger partial charge in [0.05, 0.1) is 18.8 Å². The van der Waals surface area contributed by atoms with E-state index < -0.39 is 6.10 Å². The van der Waals surface area contributed by atoms with Crippen LogP contribution in [0.1, 0.15) is 6.42 Å². The molecule has 0 saturated carbocycles. The smallest absolute Gasteiger partial charge is 0.546 e. The van der Waals surface area contributed by atoms with E-state index in [1.165, 1.54) is 6.61 Å². The van der Waals surface area contributed by atoms with E-state index in [9.17, 15) is 0 Å². The van der Waals surface area contributed by atoms with Gasteiger partial charge in [0.2, 0.25) is 0 Å². The fraction of sp³-hybridized carbons (Fsp3) is 0.800. The van der Waals surface area contributed by atoms with Gasteiger partial charge < -0.3 is 14.9 Å². The second kappa shape index (κ2) is 5.20. The number of rotatable bonds is 1. The molecule has 0 bridgehead atoms. The Morgan fingerprint density at radius 1 is 1.67 bits per heavy atom. The molecule has 0 aromatic rings. The summed E-state index contributed by atoms with van der Waals surface area (Å²) in [7, 11) is 0. The summed E-state index contributed by atoms with van der Waals surface area (Å²) in [6.07, 6.45) is -0.347.